The summed E-state index contributed by atoms with van der Waals surface area (Å²) in [6.45, 7) is 0. The van der Waals surface area contributed by atoms with Gasteiger partial charge in [0.1, 0.15) is 5.82 Å². The first kappa shape index (κ1) is 9.51. The van der Waals surface area contributed by atoms with Gasteiger partial charge in [-0.05, 0) is 12.1 Å². The molecule has 0 aliphatic heterocycles. The largest absolute Gasteiger partial charge is 0.424 e. The number of nitrogens with two attached hydrogens (primary N) is 1. The second-order valence-electron chi connectivity index (χ2n) is 3.36. The lowest BCUT2D eigenvalue weighted by atomic mass is 10.2. The van der Waals surface area contributed by atoms with Crippen LogP contribution in [0.15, 0.2) is 28.9 Å². The van der Waals surface area contributed by atoms with Crippen LogP contribution < -0.4 is 10.6 Å². The van der Waals surface area contributed by atoms with Gasteiger partial charge in [0, 0.05) is 25.9 Å². The first-order chi connectivity index (χ1) is 7.16. The van der Waals surface area contributed by atoms with E-state index >= 15 is 0 Å². The van der Waals surface area contributed by atoms with Crippen LogP contribution in [0.1, 0.15) is 0 Å². The maximum absolute atomic E-state index is 5.39. The smallest absolute Gasteiger partial charge is 0.292 e. The lowest BCUT2D eigenvalue weighted by Crippen LogP contribution is -2.09. The zero-order valence-electron chi connectivity index (χ0n) is 8.64. The van der Waals surface area contributed by atoms with Gasteiger partial charge in [0.2, 0.25) is 0 Å². The van der Waals surface area contributed by atoms with Crippen LogP contribution in [-0.2, 0) is 0 Å². The van der Waals surface area contributed by atoms with E-state index in [4.69, 9.17) is 10.2 Å². The van der Waals surface area contributed by atoms with Crippen molar-refractivity contribution in [2.75, 3.05) is 24.7 Å². The number of anilines is 2. The van der Waals surface area contributed by atoms with Crippen molar-refractivity contribution < 1.29 is 4.42 Å². The number of nitrogen functional groups attached to an aromatic ring is 1. The van der Waals surface area contributed by atoms with Crippen molar-refractivity contribution in [1.82, 2.24) is 9.97 Å². The topological polar surface area (TPSA) is 68.2 Å². The lowest BCUT2D eigenvalue weighted by Gasteiger charge is -2.10. The van der Waals surface area contributed by atoms with E-state index in [1.54, 1.807) is 12.4 Å². The van der Waals surface area contributed by atoms with Gasteiger partial charge in [-0.15, -0.1) is 0 Å². The van der Waals surface area contributed by atoms with Crippen LogP contribution in [0.2, 0.25) is 0 Å². The third-order valence-electron chi connectivity index (χ3n) is 2.01. The monoisotopic (exact) mass is 204 g/mol. The Labute approximate surface area is 87.6 Å². The number of hydrogen-bond acceptors (Lipinski definition) is 5. The summed E-state index contributed by atoms with van der Waals surface area (Å²) in [6.07, 6.45) is 3.32. The third-order valence-corrected chi connectivity index (χ3v) is 2.01. The van der Waals surface area contributed by atoms with Crippen molar-refractivity contribution in [3.8, 4) is 11.3 Å². The van der Waals surface area contributed by atoms with E-state index in [-0.39, 0.29) is 6.01 Å². The Balaban J connectivity index is 2.31. The van der Waals surface area contributed by atoms with Gasteiger partial charge in [0.25, 0.3) is 6.01 Å². The predicted octanol–water partition coefficient (Wildman–Crippen LogP) is 1.38. The number of hydrogen-bond donors (Lipinski definition) is 1. The minimum atomic E-state index is 0.168. The van der Waals surface area contributed by atoms with Crippen LogP contribution in [0.3, 0.4) is 0 Å². The van der Waals surface area contributed by atoms with E-state index in [2.05, 4.69) is 9.97 Å². The standard InChI is InChI=1S/C10H12N4O/c1-14(2)9-4-3-7(5-12-9)8-6-13-10(11)15-8/h3-6H,1-2H3,(H2,11,13). The highest BCUT2D eigenvalue weighted by molar-refractivity contribution is 5.58. The molecule has 2 heterocycles. The highest BCUT2D eigenvalue weighted by atomic mass is 16.4. The Morgan fingerprint density at radius 3 is 2.47 bits per heavy atom. The molecule has 2 aromatic rings. The molecule has 0 unspecified atom stereocenters. The first-order valence-electron chi connectivity index (χ1n) is 4.52. The summed E-state index contributed by atoms with van der Waals surface area (Å²) in [5.41, 5.74) is 6.25. The Morgan fingerprint density at radius 1 is 1.20 bits per heavy atom. The van der Waals surface area contributed by atoms with Gasteiger partial charge < -0.3 is 15.1 Å². The quantitative estimate of drug-likeness (QED) is 0.800. The zero-order valence-corrected chi connectivity index (χ0v) is 8.64. The molecule has 0 radical (unpaired) electrons. The number of aromatic nitrogens is 2. The summed E-state index contributed by atoms with van der Waals surface area (Å²) in [7, 11) is 3.88. The third kappa shape index (κ3) is 1.90. The van der Waals surface area contributed by atoms with Crippen LogP contribution in [0.25, 0.3) is 11.3 Å². The van der Waals surface area contributed by atoms with Crippen LogP contribution in [0.5, 0.6) is 0 Å². The van der Waals surface area contributed by atoms with Crippen LogP contribution in [-0.4, -0.2) is 24.1 Å². The molecule has 2 N–H and O–H groups in total. The Bertz CT molecular complexity index is 447. The minimum Gasteiger partial charge on any atom is -0.424 e. The summed E-state index contributed by atoms with van der Waals surface area (Å²) in [4.78, 5) is 10.0. The molecule has 78 valence electrons. The van der Waals surface area contributed by atoms with Gasteiger partial charge in [-0.2, -0.15) is 0 Å². The number of pyridine rings is 1. The van der Waals surface area contributed by atoms with E-state index < -0.39 is 0 Å². The van der Waals surface area contributed by atoms with Crippen LogP contribution >= 0.6 is 0 Å². The second-order valence-corrected chi connectivity index (χ2v) is 3.36. The molecular formula is C10H12N4O. The molecule has 0 spiro atoms. The fourth-order valence-corrected chi connectivity index (χ4v) is 1.22. The molecule has 0 fully saturated rings. The molecule has 0 saturated carbocycles. The van der Waals surface area contributed by atoms with Crippen molar-refractivity contribution in [1.29, 1.82) is 0 Å². The normalized spacial score (nSPS) is 10.3. The summed E-state index contributed by atoms with van der Waals surface area (Å²) in [6, 6.07) is 4.00. The van der Waals surface area contributed by atoms with E-state index in [1.807, 2.05) is 31.1 Å². The van der Waals surface area contributed by atoms with Gasteiger partial charge >= 0.3 is 0 Å². The SMILES string of the molecule is CN(C)c1ccc(-c2cnc(N)o2)cn1. The van der Waals surface area contributed by atoms with Crippen molar-refractivity contribution >= 4 is 11.8 Å². The van der Waals surface area contributed by atoms with Gasteiger partial charge in [0.05, 0.1) is 6.20 Å². The highest BCUT2D eigenvalue weighted by Crippen LogP contribution is 2.21. The molecule has 2 aromatic heterocycles. The molecule has 0 atom stereocenters. The van der Waals surface area contributed by atoms with Gasteiger partial charge in [-0.1, -0.05) is 0 Å². The fraction of sp³-hybridized carbons (Fsp3) is 0.200. The van der Waals surface area contributed by atoms with Crippen molar-refractivity contribution in [3.63, 3.8) is 0 Å². The zero-order chi connectivity index (χ0) is 10.8. The van der Waals surface area contributed by atoms with E-state index in [0.29, 0.717) is 5.76 Å². The van der Waals surface area contributed by atoms with Crippen LogP contribution in [0, 0.1) is 0 Å². The molecule has 0 amide bonds. The Morgan fingerprint density at radius 2 is 2.00 bits per heavy atom. The lowest BCUT2D eigenvalue weighted by molar-refractivity contribution is 0.594. The summed E-state index contributed by atoms with van der Waals surface area (Å²) in [5.74, 6) is 1.52. The first-order valence-corrected chi connectivity index (χ1v) is 4.52. The van der Waals surface area contributed by atoms with Crippen molar-refractivity contribution in [2.24, 2.45) is 0 Å². The molecule has 0 aromatic carbocycles. The van der Waals surface area contributed by atoms with Gasteiger partial charge in [0.15, 0.2) is 5.76 Å². The molecule has 0 saturated heterocycles. The summed E-state index contributed by atoms with van der Waals surface area (Å²) in [5, 5.41) is 0. The molecule has 5 nitrogen and oxygen atoms in total. The molecule has 0 aliphatic carbocycles. The van der Waals surface area contributed by atoms with Crippen molar-refractivity contribution in [2.45, 2.75) is 0 Å². The number of nitrogens with zero attached hydrogens (tertiary/aromatic N) is 3. The molecule has 0 aliphatic rings. The summed E-state index contributed by atoms with van der Waals surface area (Å²) >= 11 is 0. The maximum atomic E-state index is 5.39. The maximum Gasteiger partial charge on any atom is 0.292 e. The average molecular weight is 204 g/mol. The highest BCUT2D eigenvalue weighted by Gasteiger charge is 2.04. The molecule has 0 bridgehead atoms. The molecule has 2 rings (SSSR count). The van der Waals surface area contributed by atoms with Gasteiger partial charge in [-0.25, -0.2) is 9.97 Å². The number of rotatable bonds is 2. The summed E-state index contributed by atoms with van der Waals surface area (Å²) < 4.78 is 5.18. The van der Waals surface area contributed by atoms with E-state index in [9.17, 15) is 0 Å². The molecular weight excluding hydrogens is 192 g/mol. The van der Waals surface area contributed by atoms with E-state index in [0.717, 1.165) is 11.4 Å². The minimum absolute atomic E-state index is 0.168. The van der Waals surface area contributed by atoms with Crippen molar-refractivity contribution in [3.05, 3.63) is 24.5 Å². The molecule has 15 heavy (non-hydrogen) atoms. The van der Waals surface area contributed by atoms with Gasteiger partial charge in [-0.3, -0.25) is 0 Å². The number of oxazole rings is 1. The Kier molecular flexibility index (Phi) is 2.29. The molecule has 5 heteroatoms. The second kappa shape index (κ2) is 3.61. The van der Waals surface area contributed by atoms with E-state index in [1.165, 1.54) is 0 Å². The Hall–Kier alpha value is -2.04. The fourth-order valence-electron chi connectivity index (χ4n) is 1.22. The van der Waals surface area contributed by atoms with Crippen LogP contribution in [0.4, 0.5) is 11.8 Å². The predicted molar refractivity (Wildman–Crippen MR) is 58.5 cm³/mol. The average Bonchev–Trinajstić information content (AvgIpc) is 2.65.